The summed E-state index contributed by atoms with van der Waals surface area (Å²) in [6.07, 6.45) is 3.96. The van der Waals surface area contributed by atoms with E-state index in [0.29, 0.717) is 30.2 Å². The summed E-state index contributed by atoms with van der Waals surface area (Å²) < 4.78 is 21.0. The summed E-state index contributed by atoms with van der Waals surface area (Å²) in [5.41, 5.74) is 2.73. The van der Waals surface area contributed by atoms with Crippen molar-refractivity contribution in [1.82, 2.24) is 4.90 Å². The molecule has 0 radical (unpaired) electrons. The number of amides is 1. The predicted octanol–water partition coefficient (Wildman–Crippen LogP) is 3.41. The second-order valence-corrected chi connectivity index (χ2v) is 7.09. The SMILES string of the molecule is COC(=O)C[C@H]1c2cc(OC)c(OC)cc2CCN1C(=O)/C=C/c1cccc(OC)c1. The Labute approximate surface area is 182 Å². The first-order valence-corrected chi connectivity index (χ1v) is 9.95. The number of rotatable bonds is 7. The molecule has 0 bridgehead atoms. The van der Waals surface area contributed by atoms with Gasteiger partial charge in [-0.25, -0.2) is 0 Å². The summed E-state index contributed by atoms with van der Waals surface area (Å²) in [5.74, 6) is 1.32. The number of esters is 1. The fourth-order valence-electron chi connectivity index (χ4n) is 3.76. The molecular weight excluding hydrogens is 398 g/mol. The zero-order valence-corrected chi connectivity index (χ0v) is 18.2. The van der Waals surface area contributed by atoms with Crippen LogP contribution in [0.1, 0.15) is 29.2 Å². The Bertz CT molecular complexity index is 984. The molecule has 1 heterocycles. The molecule has 1 aliphatic heterocycles. The van der Waals surface area contributed by atoms with E-state index in [9.17, 15) is 9.59 Å². The third-order valence-corrected chi connectivity index (χ3v) is 5.39. The highest BCUT2D eigenvalue weighted by molar-refractivity contribution is 5.92. The van der Waals surface area contributed by atoms with Gasteiger partial charge in [-0.2, -0.15) is 0 Å². The van der Waals surface area contributed by atoms with Gasteiger partial charge in [0.15, 0.2) is 11.5 Å². The fourth-order valence-corrected chi connectivity index (χ4v) is 3.76. The lowest BCUT2D eigenvalue weighted by atomic mass is 9.90. The lowest BCUT2D eigenvalue weighted by Gasteiger charge is -2.36. The molecule has 0 saturated heterocycles. The molecule has 2 aromatic carbocycles. The van der Waals surface area contributed by atoms with Crippen molar-refractivity contribution in [2.24, 2.45) is 0 Å². The fraction of sp³-hybridized carbons (Fsp3) is 0.333. The molecule has 3 rings (SSSR count). The maximum Gasteiger partial charge on any atom is 0.307 e. The van der Waals surface area contributed by atoms with Gasteiger partial charge in [-0.15, -0.1) is 0 Å². The minimum atomic E-state index is -0.460. The van der Waals surface area contributed by atoms with Gasteiger partial charge >= 0.3 is 5.97 Å². The van der Waals surface area contributed by atoms with E-state index in [4.69, 9.17) is 18.9 Å². The molecule has 1 amide bonds. The Hall–Kier alpha value is -3.48. The van der Waals surface area contributed by atoms with Crippen molar-refractivity contribution < 1.29 is 28.5 Å². The van der Waals surface area contributed by atoms with E-state index in [1.54, 1.807) is 32.3 Å². The quantitative estimate of drug-likeness (QED) is 0.500. The third kappa shape index (κ3) is 4.99. The molecule has 0 unspecified atom stereocenters. The van der Waals surface area contributed by atoms with Gasteiger partial charge in [0.25, 0.3) is 0 Å². The number of methoxy groups -OCH3 is 4. The molecule has 0 N–H and O–H groups in total. The number of nitrogens with zero attached hydrogens (tertiary/aromatic N) is 1. The van der Waals surface area contributed by atoms with Gasteiger partial charge in [0, 0.05) is 12.6 Å². The van der Waals surface area contributed by atoms with Gasteiger partial charge in [-0.3, -0.25) is 9.59 Å². The van der Waals surface area contributed by atoms with E-state index in [0.717, 1.165) is 16.7 Å². The zero-order valence-electron chi connectivity index (χ0n) is 18.2. The summed E-state index contributed by atoms with van der Waals surface area (Å²) >= 11 is 0. The predicted molar refractivity (Wildman–Crippen MR) is 116 cm³/mol. The maximum absolute atomic E-state index is 13.1. The van der Waals surface area contributed by atoms with Gasteiger partial charge in [0.2, 0.25) is 5.91 Å². The molecule has 0 spiro atoms. The van der Waals surface area contributed by atoms with E-state index in [1.807, 2.05) is 36.4 Å². The molecule has 2 aromatic rings. The molecule has 0 aromatic heterocycles. The van der Waals surface area contributed by atoms with E-state index >= 15 is 0 Å². The van der Waals surface area contributed by atoms with Crippen LogP contribution in [0, 0.1) is 0 Å². The number of carbonyl (C=O) groups is 2. The Balaban J connectivity index is 1.92. The summed E-state index contributed by atoms with van der Waals surface area (Å²) in [4.78, 5) is 26.9. The van der Waals surface area contributed by atoms with Crippen molar-refractivity contribution in [2.75, 3.05) is 35.0 Å². The van der Waals surface area contributed by atoms with Crippen LogP contribution < -0.4 is 14.2 Å². The van der Waals surface area contributed by atoms with Crippen LogP contribution in [0.25, 0.3) is 6.08 Å². The van der Waals surface area contributed by atoms with Crippen molar-refractivity contribution in [1.29, 1.82) is 0 Å². The highest BCUT2D eigenvalue weighted by Gasteiger charge is 2.33. The molecular formula is C24H27NO6. The van der Waals surface area contributed by atoms with Crippen LogP contribution in [0.5, 0.6) is 17.2 Å². The van der Waals surface area contributed by atoms with Crippen LogP contribution in [0.15, 0.2) is 42.5 Å². The number of hydrogen-bond acceptors (Lipinski definition) is 6. The van der Waals surface area contributed by atoms with Crippen molar-refractivity contribution in [3.8, 4) is 17.2 Å². The average Bonchev–Trinajstić information content (AvgIpc) is 2.81. The zero-order chi connectivity index (χ0) is 22.4. The van der Waals surface area contributed by atoms with E-state index in [-0.39, 0.29) is 18.3 Å². The highest BCUT2D eigenvalue weighted by Crippen LogP contribution is 2.39. The average molecular weight is 425 g/mol. The molecule has 7 heteroatoms. The van der Waals surface area contributed by atoms with Gasteiger partial charge in [0.1, 0.15) is 5.75 Å². The van der Waals surface area contributed by atoms with Gasteiger partial charge in [0.05, 0.1) is 40.9 Å². The van der Waals surface area contributed by atoms with Crippen LogP contribution in [0.4, 0.5) is 0 Å². The molecule has 1 atom stereocenters. The van der Waals surface area contributed by atoms with Gasteiger partial charge in [-0.05, 0) is 53.5 Å². The topological polar surface area (TPSA) is 74.3 Å². The van der Waals surface area contributed by atoms with Crippen LogP contribution >= 0.6 is 0 Å². The molecule has 0 aliphatic carbocycles. The summed E-state index contributed by atoms with van der Waals surface area (Å²) in [7, 11) is 6.08. The minimum Gasteiger partial charge on any atom is -0.497 e. The Kier molecular flexibility index (Phi) is 7.18. The largest absolute Gasteiger partial charge is 0.497 e. The third-order valence-electron chi connectivity index (χ3n) is 5.39. The van der Waals surface area contributed by atoms with E-state index < -0.39 is 6.04 Å². The lowest BCUT2D eigenvalue weighted by Crippen LogP contribution is -2.40. The highest BCUT2D eigenvalue weighted by atomic mass is 16.5. The van der Waals surface area contributed by atoms with Crippen molar-refractivity contribution in [3.63, 3.8) is 0 Å². The molecule has 7 nitrogen and oxygen atoms in total. The Morgan fingerprint density at radius 3 is 2.45 bits per heavy atom. The number of carbonyl (C=O) groups excluding carboxylic acids is 2. The maximum atomic E-state index is 13.1. The molecule has 31 heavy (non-hydrogen) atoms. The number of hydrogen-bond donors (Lipinski definition) is 0. The Morgan fingerprint density at radius 2 is 1.77 bits per heavy atom. The van der Waals surface area contributed by atoms with Crippen LogP contribution in [-0.4, -0.2) is 51.8 Å². The smallest absolute Gasteiger partial charge is 0.307 e. The first-order valence-electron chi connectivity index (χ1n) is 9.95. The standard InChI is InChI=1S/C24H27NO6/c1-28-18-7-5-6-16(12-18)8-9-23(26)25-11-10-17-13-21(29-2)22(30-3)14-19(17)20(25)15-24(27)31-4/h5-9,12-14,20H,10-11,15H2,1-4H3/b9-8+/t20-/m0/s1. The number of ether oxygens (including phenoxy) is 4. The normalized spacial score (nSPS) is 15.4. The summed E-state index contributed by atoms with van der Waals surface area (Å²) in [6.45, 7) is 0.478. The summed E-state index contributed by atoms with van der Waals surface area (Å²) in [5, 5.41) is 0. The molecule has 164 valence electrons. The van der Waals surface area contributed by atoms with Gasteiger partial charge in [-0.1, -0.05) is 12.1 Å². The van der Waals surface area contributed by atoms with Crippen molar-refractivity contribution in [2.45, 2.75) is 18.9 Å². The molecule has 1 aliphatic rings. The van der Waals surface area contributed by atoms with Crippen LogP contribution in [0.2, 0.25) is 0 Å². The monoisotopic (exact) mass is 425 g/mol. The van der Waals surface area contributed by atoms with Gasteiger partial charge < -0.3 is 23.8 Å². The minimum absolute atomic E-state index is 0.0533. The lowest BCUT2D eigenvalue weighted by molar-refractivity contribution is -0.143. The Morgan fingerprint density at radius 1 is 1.03 bits per heavy atom. The molecule has 0 fully saturated rings. The number of benzene rings is 2. The van der Waals surface area contributed by atoms with E-state index in [2.05, 4.69) is 0 Å². The first-order chi connectivity index (χ1) is 15.0. The van der Waals surface area contributed by atoms with Crippen LogP contribution in [-0.2, 0) is 20.7 Å². The van der Waals surface area contributed by atoms with Crippen LogP contribution in [0.3, 0.4) is 0 Å². The van der Waals surface area contributed by atoms with E-state index in [1.165, 1.54) is 13.2 Å². The molecule has 0 saturated carbocycles. The van der Waals surface area contributed by atoms with Crippen molar-refractivity contribution in [3.05, 3.63) is 59.2 Å². The second-order valence-electron chi connectivity index (χ2n) is 7.09. The number of fused-ring (bicyclic) bond motifs is 1. The summed E-state index contributed by atoms with van der Waals surface area (Å²) in [6, 6.07) is 10.7. The first kappa shape index (κ1) is 22.2. The second kappa shape index (κ2) is 10.0. The van der Waals surface area contributed by atoms with Crippen molar-refractivity contribution >= 4 is 18.0 Å².